The number of carbonyl (C=O) groups excluding carboxylic acids is 1. The number of unbranched alkanes of at least 4 members (excludes halogenated alkanes) is 39. The Morgan fingerprint density at radius 2 is 0.722 bits per heavy atom. The summed E-state index contributed by atoms with van der Waals surface area (Å²) in [5.41, 5.74) is 0. The molecule has 0 bridgehead atoms. The van der Waals surface area contributed by atoms with Crippen LogP contribution in [0.2, 0.25) is 0 Å². The number of hydrogen-bond donors (Lipinski definition) is 9. The van der Waals surface area contributed by atoms with Gasteiger partial charge < -0.3 is 65.1 Å². The van der Waals surface area contributed by atoms with E-state index in [-0.39, 0.29) is 18.9 Å². The van der Waals surface area contributed by atoms with Gasteiger partial charge in [0.2, 0.25) is 5.91 Å². The van der Waals surface area contributed by atoms with Crippen molar-refractivity contribution in [3.8, 4) is 0 Å². The van der Waals surface area contributed by atoms with Crippen molar-refractivity contribution in [2.45, 2.75) is 402 Å². The van der Waals surface area contributed by atoms with E-state index in [1.54, 1.807) is 6.08 Å². The number of aliphatic hydroxyl groups is 8. The lowest BCUT2D eigenvalue weighted by Crippen LogP contribution is -2.65. The monoisotopic (exact) mass is 1370 g/mol. The first kappa shape index (κ1) is 90.0. The van der Waals surface area contributed by atoms with Crippen molar-refractivity contribution in [3.63, 3.8) is 0 Å². The van der Waals surface area contributed by atoms with E-state index in [1.807, 2.05) is 6.08 Å². The summed E-state index contributed by atoms with van der Waals surface area (Å²) in [5.74, 6) is -0.251. The number of rotatable bonds is 66. The predicted octanol–water partition coefficient (Wildman–Crippen LogP) is 18.1. The highest BCUT2D eigenvalue weighted by Gasteiger charge is 2.51. The minimum Gasteiger partial charge on any atom is -0.394 e. The average Bonchev–Trinajstić information content (AvgIpc) is 0.793. The van der Waals surface area contributed by atoms with Gasteiger partial charge >= 0.3 is 0 Å². The van der Waals surface area contributed by atoms with Crippen LogP contribution in [0.3, 0.4) is 0 Å². The fourth-order valence-electron chi connectivity index (χ4n) is 12.7. The van der Waals surface area contributed by atoms with Crippen molar-refractivity contribution in [2.75, 3.05) is 19.8 Å². The van der Waals surface area contributed by atoms with Crippen LogP contribution >= 0.6 is 0 Å². The molecule has 12 atom stereocenters. The molecule has 1 amide bonds. The third-order valence-electron chi connectivity index (χ3n) is 19.0. The van der Waals surface area contributed by atoms with Gasteiger partial charge in [0, 0.05) is 6.42 Å². The molecule has 562 valence electrons. The van der Waals surface area contributed by atoms with E-state index in [0.29, 0.717) is 12.8 Å². The molecule has 9 N–H and O–H groups in total. The van der Waals surface area contributed by atoms with Crippen molar-refractivity contribution >= 4 is 5.91 Å². The molecule has 2 fully saturated rings. The molecular formula is C83H147NO13. The Hall–Kier alpha value is -3.09. The van der Waals surface area contributed by atoms with E-state index >= 15 is 0 Å². The summed E-state index contributed by atoms with van der Waals surface area (Å²) >= 11 is 0. The first-order valence-corrected chi connectivity index (χ1v) is 40.0. The number of hydrogen-bond acceptors (Lipinski definition) is 13. The largest absolute Gasteiger partial charge is 0.394 e. The molecule has 2 rings (SSSR count). The van der Waals surface area contributed by atoms with E-state index in [4.69, 9.17) is 18.9 Å². The molecule has 97 heavy (non-hydrogen) atoms. The summed E-state index contributed by atoms with van der Waals surface area (Å²) in [4.78, 5) is 13.4. The summed E-state index contributed by atoms with van der Waals surface area (Å²) < 4.78 is 22.9. The molecule has 0 aromatic carbocycles. The maximum absolute atomic E-state index is 13.4. The second kappa shape index (κ2) is 66.2. The van der Waals surface area contributed by atoms with Crippen LogP contribution < -0.4 is 5.32 Å². The van der Waals surface area contributed by atoms with E-state index in [1.165, 1.54) is 218 Å². The van der Waals surface area contributed by atoms with Crippen LogP contribution in [-0.4, -0.2) is 140 Å². The quantitative estimate of drug-likeness (QED) is 0.0204. The zero-order chi connectivity index (χ0) is 70.1. The smallest absolute Gasteiger partial charge is 0.220 e. The maximum Gasteiger partial charge on any atom is 0.220 e. The van der Waals surface area contributed by atoms with Gasteiger partial charge in [0.15, 0.2) is 12.6 Å². The summed E-state index contributed by atoms with van der Waals surface area (Å²) in [6, 6.07) is -0.944. The van der Waals surface area contributed by atoms with E-state index in [0.717, 1.165) is 77.0 Å². The summed E-state index contributed by atoms with van der Waals surface area (Å²) in [7, 11) is 0. The van der Waals surface area contributed by atoms with Crippen molar-refractivity contribution in [3.05, 3.63) is 97.2 Å². The van der Waals surface area contributed by atoms with Gasteiger partial charge in [-0.05, 0) is 89.9 Å². The molecule has 2 aliphatic heterocycles. The molecule has 0 radical (unpaired) electrons. The second-order valence-electron chi connectivity index (χ2n) is 27.8. The molecule has 0 aromatic rings. The lowest BCUT2D eigenvalue weighted by atomic mass is 9.97. The molecule has 0 saturated carbocycles. The SMILES string of the molecule is CC/C=C\C/C=C\C/C=C\C/C=C\C/C=C\CCCCCCCCCCCCCCCCCCCCCC(=O)NC(COC1OC(CO)C(OC2OC(CO)C(O)C(O)C2O)C(O)C1O)C(O)/C=C/CC/C=C/CC/C=C/CCCCCCCCCCCCCCCCCCCC. The Kier molecular flexibility index (Phi) is 61.4. The van der Waals surface area contributed by atoms with Crippen LogP contribution in [0.4, 0.5) is 0 Å². The second-order valence-corrected chi connectivity index (χ2v) is 27.8. The van der Waals surface area contributed by atoms with Crippen LogP contribution in [0.1, 0.15) is 328 Å². The van der Waals surface area contributed by atoms with Gasteiger partial charge in [-0.1, -0.05) is 329 Å². The molecule has 0 aromatic heterocycles. The molecule has 14 nitrogen and oxygen atoms in total. The molecular weight excluding hydrogens is 1220 g/mol. The minimum atomic E-state index is -1.80. The Morgan fingerprint density at radius 3 is 1.13 bits per heavy atom. The number of aliphatic hydroxyl groups excluding tert-OH is 8. The van der Waals surface area contributed by atoms with E-state index < -0.39 is 86.8 Å². The molecule has 14 heteroatoms. The van der Waals surface area contributed by atoms with Crippen molar-refractivity contribution < 1.29 is 64.6 Å². The lowest BCUT2D eigenvalue weighted by molar-refractivity contribution is -0.359. The highest BCUT2D eigenvalue weighted by atomic mass is 16.7. The van der Waals surface area contributed by atoms with Crippen LogP contribution in [0.15, 0.2) is 97.2 Å². The van der Waals surface area contributed by atoms with Crippen LogP contribution in [0, 0.1) is 0 Å². The fourth-order valence-corrected chi connectivity index (χ4v) is 12.7. The van der Waals surface area contributed by atoms with Crippen LogP contribution in [0.25, 0.3) is 0 Å². The molecule has 2 aliphatic rings. The summed E-state index contributed by atoms with van der Waals surface area (Å²) in [5, 5.41) is 87.6. The number of nitrogens with one attached hydrogen (secondary N) is 1. The van der Waals surface area contributed by atoms with Crippen molar-refractivity contribution in [2.24, 2.45) is 0 Å². The van der Waals surface area contributed by atoms with Gasteiger partial charge in [-0.15, -0.1) is 0 Å². The maximum atomic E-state index is 13.4. The predicted molar refractivity (Wildman–Crippen MR) is 401 cm³/mol. The lowest BCUT2D eigenvalue weighted by Gasteiger charge is -2.46. The molecule has 0 spiro atoms. The number of carbonyl (C=O) groups is 1. The number of amides is 1. The zero-order valence-electron chi connectivity index (χ0n) is 61.6. The van der Waals surface area contributed by atoms with Crippen LogP contribution in [0.5, 0.6) is 0 Å². The van der Waals surface area contributed by atoms with Crippen LogP contribution in [-0.2, 0) is 23.7 Å². The van der Waals surface area contributed by atoms with Crippen molar-refractivity contribution in [1.29, 1.82) is 0 Å². The molecule has 12 unspecified atom stereocenters. The van der Waals surface area contributed by atoms with E-state index in [9.17, 15) is 45.6 Å². The van der Waals surface area contributed by atoms with Gasteiger partial charge in [0.05, 0.1) is 32.0 Å². The topological polar surface area (TPSA) is 228 Å². The fraction of sp³-hybridized carbons (Fsp3) is 0.795. The standard InChI is InChI=1S/C83H147NO13/c1-3-5-7-9-11-13-15-17-19-21-23-25-27-29-31-33-34-35-36-37-38-39-41-43-45-47-49-51-53-55-57-59-61-63-65-67-75(88)84-71(70-94-82-80(93)78(91)81(74(69-86)96-82)97-83-79(92)77(90)76(89)73(68-85)95-83)72(87)66-64-62-60-58-56-54-52-50-48-46-44-42-40-32-30-28-26-24-22-20-18-16-14-12-10-8-6-4-2/h5,7,11,13,17,19,23,25,29,31,48,50,56,58,64,66,71-74,76-83,85-87,89-93H,3-4,6,8-10,12,14-16,18,20-22,24,26-28,30,32-47,49,51-55,57,59-63,65,67-70H2,1-2H3,(H,84,88)/b7-5-,13-11-,19-17-,25-23-,31-29-,50-48+,58-56+,66-64+. The first-order chi connectivity index (χ1) is 47.6. The van der Waals surface area contributed by atoms with Gasteiger partial charge in [0.25, 0.3) is 0 Å². The molecule has 2 saturated heterocycles. The highest BCUT2D eigenvalue weighted by Crippen LogP contribution is 2.30. The Labute approximate surface area is 592 Å². The Bertz CT molecular complexity index is 2000. The van der Waals surface area contributed by atoms with Gasteiger partial charge in [-0.3, -0.25) is 4.79 Å². The molecule has 2 heterocycles. The van der Waals surface area contributed by atoms with Crippen molar-refractivity contribution in [1.82, 2.24) is 5.32 Å². The van der Waals surface area contributed by atoms with Gasteiger partial charge in [-0.2, -0.15) is 0 Å². The van der Waals surface area contributed by atoms with E-state index in [2.05, 4.69) is 104 Å². The zero-order valence-corrected chi connectivity index (χ0v) is 61.6. The third kappa shape index (κ3) is 49.2. The molecule has 0 aliphatic carbocycles. The Balaban J connectivity index is 1.63. The number of allylic oxidation sites excluding steroid dienone is 15. The number of ether oxygens (including phenoxy) is 4. The highest BCUT2D eigenvalue weighted by molar-refractivity contribution is 5.76. The first-order valence-electron chi connectivity index (χ1n) is 40.0. The summed E-state index contributed by atoms with van der Waals surface area (Å²) in [6.07, 6.45) is 77.8. The normalized spacial score (nSPS) is 22.7. The third-order valence-corrected chi connectivity index (χ3v) is 19.0. The Morgan fingerprint density at radius 1 is 0.381 bits per heavy atom. The van der Waals surface area contributed by atoms with Gasteiger partial charge in [-0.25, -0.2) is 0 Å². The minimum absolute atomic E-state index is 0.251. The average molecular weight is 1370 g/mol. The van der Waals surface area contributed by atoms with Gasteiger partial charge in [0.1, 0.15) is 48.8 Å². The summed E-state index contributed by atoms with van der Waals surface area (Å²) in [6.45, 7) is 2.70.